The van der Waals surface area contributed by atoms with Crippen LogP contribution in [-0.2, 0) is 13.0 Å². The molecule has 0 radical (unpaired) electrons. The molecule has 3 rings (SSSR count). The second kappa shape index (κ2) is 5.62. The van der Waals surface area contributed by atoms with E-state index in [1.165, 1.54) is 17.5 Å². The van der Waals surface area contributed by atoms with Gasteiger partial charge in [-0.05, 0) is 11.1 Å². The highest BCUT2D eigenvalue weighted by atomic mass is 127. The molecule has 0 saturated carbocycles. The van der Waals surface area contributed by atoms with E-state index in [0.29, 0.717) is 0 Å². The van der Waals surface area contributed by atoms with E-state index in [9.17, 15) is 0 Å². The molecule has 90 valence electrons. The fourth-order valence-electron chi connectivity index (χ4n) is 1.83. The van der Waals surface area contributed by atoms with Gasteiger partial charge in [0.05, 0.1) is 6.54 Å². The normalized spacial score (nSPS) is 12.2. The molecular formula is C13H16IN3. The van der Waals surface area contributed by atoms with Gasteiger partial charge in [0.1, 0.15) is 5.82 Å². The van der Waals surface area contributed by atoms with Crippen molar-refractivity contribution in [3.05, 3.63) is 45.0 Å². The van der Waals surface area contributed by atoms with E-state index >= 15 is 0 Å². The van der Waals surface area contributed by atoms with E-state index in [4.69, 9.17) is 0 Å². The fourth-order valence-corrected chi connectivity index (χ4v) is 2.38. The van der Waals surface area contributed by atoms with Gasteiger partial charge in [-0.3, -0.25) is 0 Å². The highest BCUT2D eigenvalue weighted by Crippen LogP contribution is 2.22. The highest BCUT2D eigenvalue weighted by Gasteiger charge is 2.18. The van der Waals surface area contributed by atoms with E-state index in [1.54, 1.807) is 0 Å². The van der Waals surface area contributed by atoms with Crippen molar-refractivity contribution >= 4 is 22.6 Å². The molecule has 0 saturated heterocycles. The summed E-state index contributed by atoms with van der Waals surface area (Å²) >= 11 is 2.23. The molecule has 0 amide bonds. The second-order valence-electron chi connectivity index (χ2n) is 4.12. The molecule has 0 bridgehead atoms. The Bertz CT molecular complexity index is 505. The van der Waals surface area contributed by atoms with Gasteiger partial charge in [0.2, 0.25) is 0 Å². The van der Waals surface area contributed by atoms with Crippen LogP contribution in [0.25, 0.3) is 0 Å². The van der Waals surface area contributed by atoms with Crippen molar-refractivity contribution in [3.63, 3.8) is 0 Å². The van der Waals surface area contributed by atoms with E-state index in [2.05, 4.69) is 75.5 Å². The predicted molar refractivity (Wildman–Crippen MR) is 77.1 cm³/mol. The molecule has 0 unspecified atom stereocenters. The average molecular weight is 341 g/mol. The number of halogens is 1. The summed E-state index contributed by atoms with van der Waals surface area (Å²) in [5, 5.41) is 8.24. The lowest BCUT2D eigenvalue weighted by Gasteiger charge is -2.17. The quantitative estimate of drug-likeness (QED) is 0.588. The maximum absolute atomic E-state index is 4.16. The molecule has 2 heterocycles. The van der Waals surface area contributed by atoms with Crippen molar-refractivity contribution in [2.45, 2.75) is 33.2 Å². The topological polar surface area (TPSA) is 30.7 Å². The molecule has 0 fully saturated rings. The summed E-state index contributed by atoms with van der Waals surface area (Å²) in [6.45, 7) is 5.16. The van der Waals surface area contributed by atoms with Crippen LogP contribution in [0.5, 0.6) is 0 Å². The van der Waals surface area contributed by atoms with Crippen molar-refractivity contribution < 1.29 is 0 Å². The van der Waals surface area contributed by atoms with Gasteiger partial charge in [-0.15, -0.1) is 10.2 Å². The van der Waals surface area contributed by atoms with Crippen LogP contribution in [0.15, 0.2) is 24.3 Å². The van der Waals surface area contributed by atoms with Crippen LogP contribution < -0.4 is 0 Å². The lowest BCUT2D eigenvalue weighted by atomic mass is 10.0. The van der Waals surface area contributed by atoms with Crippen LogP contribution in [0.1, 0.15) is 37.2 Å². The first kappa shape index (κ1) is 12.5. The number of hydrogen-bond donors (Lipinski definition) is 0. The second-order valence-corrected chi connectivity index (χ2v) is 5.09. The third-order valence-corrected chi connectivity index (χ3v) is 3.38. The van der Waals surface area contributed by atoms with Crippen molar-refractivity contribution in [1.29, 1.82) is 0 Å². The molecule has 1 aliphatic heterocycles. The Kier molecular flexibility index (Phi) is 4.15. The molecule has 3 nitrogen and oxygen atoms in total. The lowest BCUT2D eigenvalue weighted by Crippen LogP contribution is -2.15. The van der Waals surface area contributed by atoms with Crippen molar-refractivity contribution in [3.8, 4) is 0 Å². The third kappa shape index (κ3) is 2.68. The summed E-state index contributed by atoms with van der Waals surface area (Å²) in [5.41, 5.74) is 2.77. The van der Waals surface area contributed by atoms with Gasteiger partial charge in [0, 0.05) is 29.0 Å². The van der Waals surface area contributed by atoms with Crippen molar-refractivity contribution in [2.24, 2.45) is 0 Å². The molecule has 0 N–H and O–H groups in total. The summed E-state index contributed by atoms with van der Waals surface area (Å²) in [7, 11) is 0. The van der Waals surface area contributed by atoms with E-state index in [0.717, 1.165) is 22.6 Å². The molecule has 1 aromatic carbocycles. The summed E-state index contributed by atoms with van der Waals surface area (Å²) < 4.78 is 3.15. The van der Waals surface area contributed by atoms with Gasteiger partial charge in [0.15, 0.2) is 3.83 Å². The van der Waals surface area contributed by atoms with Crippen LogP contribution in [0.3, 0.4) is 0 Å². The maximum atomic E-state index is 4.16. The Balaban J connectivity index is 0.000000329. The van der Waals surface area contributed by atoms with Crippen LogP contribution in [-0.4, -0.2) is 14.8 Å². The number of hydrogen-bond acceptors (Lipinski definition) is 2. The number of benzene rings is 1. The fraction of sp³-hybridized carbons (Fsp3) is 0.385. The molecule has 2 aromatic rings. The molecule has 1 aliphatic rings. The van der Waals surface area contributed by atoms with Crippen LogP contribution in [0.2, 0.25) is 0 Å². The SMILES string of the molecule is CCC.Ic1nnc2n1Cc1ccccc1C2. The first-order valence-corrected chi connectivity index (χ1v) is 6.98. The Morgan fingerprint density at radius 1 is 1.18 bits per heavy atom. The molecule has 0 spiro atoms. The van der Waals surface area contributed by atoms with Crippen molar-refractivity contribution in [2.75, 3.05) is 0 Å². The van der Waals surface area contributed by atoms with Gasteiger partial charge in [0.25, 0.3) is 0 Å². The summed E-state index contributed by atoms with van der Waals surface area (Å²) in [4.78, 5) is 0. The summed E-state index contributed by atoms with van der Waals surface area (Å²) in [6.07, 6.45) is 2.16. The standard InChI is InChI=1S/C10H8IN3.C3H8/c11-10-13-12-9-5-7-3-1-2-4-8(7)6-14(9)10;1-3-2/h1-4H,5-6H2;3H2,1-2H3. The van der Waals surface area contributed by atoms with Gasteiger partial charge < -0.3 is 4.57 Å². The zero-order valence-corrected chi connectivity index (χ0v) is 12.3. The zero-order chi connectivity index (χ0) is 12.3. The Hall–Kier alpha value is -0.910. The lowest BCUT2D eigenvalue weighted by molar-refractivity contribution is 0.687. The molecule has 17 heavy (non-hydrogen) atoms. The minimum atomic E-state index is 0.909. The highest BCUT2D eigenvalue weighted by molar-refractivity contribution is 14.1. The minimum Gasteiger partial charge on any atom is -0.302 e. The van der Waals surface area contributed by atoms with Crippen LogP contribution in [0, 0.1) is 3.83 Å². The van der Waals surface area contributed by atoms with Gasteiger partial charge in [-0.2, -0.15) is 0 Å². The van der Waals surface area contributed by atoms with Gasteiger partial charge >= 0.3 is 0 Å². The molecule has 0 atom stereocenters. The van der Waals surface area contributed by atoms with Crippen LogP contribution >= 0.6 is 22.6 Å². The average Bonchev–Trinajstić information content (AvgIpc) is 2.69. The Morgan fingerprint density at radius 2 is 1.82 bits per heavy atom. The van der Waals surface area contributed by atoms with Crippen molar-refractivity contribution in [1.82, 2.24) is 14.8 Å². The first-order chi connectivity index (χ1) is 8.26. The van der Waals surface area contributed by atoms with E-state index in [1.807, 2.05) is 0 Å². The van der Waals surface area contributed by atoms with E-state index in [-0.39, 0.29) is 0 Å². The number of aromatic nitrogens is 3. The van der Waals surface area contributed by atoms with E-state index < -0.39 is 0 Å². The zero-order valence-electron chi connectivity index (χ0n) is 10.2. The Morgan fingerprint density at radius 3 is 2.53 bits per heavy atom. The maximum Gasteiger partial charge on any atom is 0.194 e. The Labute approximate surface area is 115 Å². The summed E-state index contributed by atoms with van der Waals surface area (Å²) in [6, 6.07) is 8.51. The first-order valence-electron chi connectivity index (χ1n) is 5.90. The molecule has 1 aromatic heterocycles. The monoisotopic (exact) mass is 341 g/mol. The molecule has 4 heteroatoms. The van der Waals surface area contributed by atoms with Gasteiger partial charge in [-0.25, -0.2) is 0 Å². The number of fused-ring (bicyclic) bond motifs is 2. The molecular weight excluding hydrogens is 325 g/mol. The molecule has 0 aliphatic carbocycles. The minimum absolute atomic E-state index is 0.909. The van der Waals surface area contributed by atoms with Crippen LogP contribution in [0.4, 0.5) is 0 Å². The smallest absolute Gasteiger partial charge is 0.194 e. The number of nitrogens with zero attached hydrogens (tertiary/aromatic N) is 3. The predicted octanol–water partition coefficient (Wildman–Crippen LogP) is 3.25. The largest absolute Gasteiger partial charge is 0.302 e. The summed E-state index contributed by atoms with van der Waals surface area (Å²) in [5.74, 6) is 1.08. The third-order valence-electron chi connectivity index (χ3n) is 2.58. The van der Waals surface area contributed by atoms with Gasteiger partial charge in [-0.1, -0.05) is 44.5 Å². The number of rotatable bonds is 0.